The molecule has 1 aromatic heterocycles. The molecule has 0 radical (unpaired) electrons. The van der Waals surface area contributed by atoms with Crippen molar-refractivity contribution in [2.45, 2.75) is 26.5 Å². The summed E-state index contributed by atoms with van der Waals surface area (Å²) in [5, 5.41) is 14.7. The molecule has 1 atom stereocenters. The molecule has 4 heteroatoms. The van der Waals surface area contributed by atoms with Crippen LogP contribution in [0.1, 0.15) is 18.7 Å². The highest BCUT2D eigenvalue weighted by molar-refractivity contribution is 7.10. The van der Waals surface area contributed by atoms with Crippen LogP contribution < -0.4 is 11.1 Å². The third-order valence-corrected chi connectivity index (χ3v) is 3.13. The fourth-order valence-corrected chi connectivity index (χ4v) is 1.83. The average molecular weight is 214 g/mol. The van der Waals surface area contributed by atoms with Gasteiger partial charge >= 0.3 is 0 Å². The molecule has 1 rings (SSSR count). The van der Waals surface area contributed by atoms with Crippen molar-refractivity contribution in [3.8, 4) is 0 Å². The van der Waals surface area contributed by atoms with Crippen molar-refractivity contribution in [3.05, 3.63) is 16.3 Å². The topological polar surface area (TPSA) is 58.3 Å². The second-order valence-corrected chi connectivity index (χ2v) is 4.74. The molecule has 0 aliphatic rings. The van der Waals surface area contributed by atoms with Gasteiger partial charge in [0.15, 0.2) is 0 Å². The van der Waals surface area contributed by atoms with E-state index < -0.39 is 0 Å². The summed E-state index contributed by atoms with van der Waals surface area (Å²) in [6.07, 6.45) is -0.281. The highest BCUT2D eigenvalue weighted by Gasteiger charge is 2.08. The first-order valence-electron chi connectivity index (χ1n) is 4.82. The quantitative estimate of drug-likeness (QED) is 0.695. The largest absolute Gasteiger partial charge is 0.398 e. The number of nitrogens with one attached hydrogen (secondary N) is 1. The zero-order chi connectivity index (χ0) is 10.6. The molecule has 0 spiro atoms. The van der Waals surface area contributed by atoms with Crippen LogP contribution in [-0.4, -0.2) is 17.8 Å². The Morgan fingerprint density at radius 2 is 2.29 bits per heavy atom. The van der Waals surface area contributed by atoms with Crippen LogP contribution >= 0.6 is 11.3 Å². The summed E-state index contributed by atoms with van der Waals surface area (Å²) in [5.74, 6) is 0.295. The Balaban J connectivity index is 2.25. The van der Waals surface area contributed by atoms with Crippen LogP contribution in [0.15, 0.2) is 11.4 Å². The Morgan fingerprint density at radius 1 is 1.57 bits per heavy atom. The molecule has 1 heterocycles. The van der Waals surface area contributed by atoms with Gasteiger partial charge in [-0.1, -0.05) is 13.8 Å². The van der Waals surface area contributed by atoms with Gasteiger partial charge in [0, 0.05) is 23.7 Å². The van der Waals surface area contributed by atoms with Crippen molar-refractivity contribution in [2.75, 3.05) is 12.3 Å². The molecule has 0 aliphatic carbocycles. The van der Waals surface area contributed by atoms with Crippen molar-refractivity contribution < 1.29 is 5.11 Å². The van der Waals surface area contributed by atoms with Gasteiger partial charge in [-0.15, -0.1) is 11.3 Å². The highest BCUT2D eigenvalue weighted by atomic mass is 32.1. The number of hydrogen-bond acceptors (Lipinski definition) is 4. The van der Waals surface area contributed by atoms with Crippen molar-refractivity contribution in [3.63, 3.8) is 0 Å². The summed E-state index contributed by atoms with van der Waals surface area (Å²) in [6.45, 7) is 5.37. The third kappa shape index (κ3) is 3.29. The van der Waals surface area contributed by atoms with Gasteiger partial charge < -0.3 is 16.2 Å². The van der Waals surface area contributed by atoms with Crippen LogP contribution in [0.25, 0.3) is 0 Å². The summed E-state index contributed by atoms with van der Waals surface area (Å²) in [6, 6.07) is 1.90. The van der Waals surface area contributed by atoms with Gasteiger partial charge in [0.1, 0.15) is 0 Å². The Hall–Kier alpha value is -0.580. The van der Waals surface area contributed by atoms with Gasteiger partial charge in [0.05, 0.1) is 6.10 Å². The van der Waals surface area contributed by atoms with Crippen LogP contribution in [-0.2, 0) is 6.54 Å². The van der Waals surface area contributed by atoms with E-state index >= 15 is 0 Å². The van der Waals surface area contributed by atoms with Crippen LogP contribution in [0, 0.1) is 5.92 Å². The summed E-state index contributed by atoms with van der Waals surface area (Å²) in [4.78, 5) is 1.14. The molecule has 0 bridgehead atoms. The predicted octanol–water partition coefficient (Wildman–Crippen LogP) is 1.44. The molecule has 0 amide bonds. The SMILES string of the molecule is CC(C)C(O)CNCc1sccc1N. The van der Waals surface area contributed by atoms with Gasteiger partial charge in [0.25, 0.3) is 0 Å². The van der Waals surface area contributed by atoms with Gasteiger partial charge in [-0.05, 0) is 17.4 Å². The fourth-order valence-electron chi connectivity index (χ4n) is 1.06. The molecule has 1 aromatic rings. The number of aliphatic hydroxyl groups is 1. The van der Waals surface area contributed by atoms with Crippen molar-refractivity contribution in [1.82, 2.24) is 5.32 Å². The minimum Gasteiger partial charge on any atom is -0.398 e. The Morgan fingerprint density at radius 3 is 2.79 bits per heavy atom. The number of nitrogens with two attached hydrogens (primary N) is 1. The number of thiophene rings is 1. The first kappa shape index (κ1) is 11.5. The molecule has 1 unspecified atom stereocenters. The number of aliphatic hydroxyl groups excluding tert-OH is 1. The summed E-state index contributed by atoms with van der Waals surface area (Å²) >= 11 is 1.64. The molecule has 0 aromatic carbocycles. The lowest BCUT2D eigenvalue weighted by atomic mass is 10.1. The molecule has 4 N–H and O–H groups in total. The van der Waals surface area contributed by atoms with Crippen LogP contribution in [0.4, 0.5) is 5.69 Å². The number of rotatable bonds is 5. The molecule has 0 fully saturated rings. The van der Waals surface area contributed by atoms with Crippen LogP contribution in [0.5, 0.6) is 0 Å². The second kappa shape index (κ2) is 5.34. The van der Waals surface area contributed by atoms with E-state index in [1.807, 2.05) is 25.3 Å². The number of hydrogen-bond donors (Lipinski definition) is 3. The van der Waals surface area contributed by atoms with E-state index in [2.05, 4.69) is 5.32 Å². The molecule has 0 aliphatic heterocycles. The zero-order valence-corrected chi connectivity index (χ0v) is 9.47. The molecule has 0 saturated heterocycles. The molecule has 3 nitrogen and oxygen atoms in total. The Bertz CT molecular complexity index is 273. The zero-order valence-electron chi connectivity index (χ0n) is 8.66. The van der Waals surface area contributed by atoms with Crippen molar-refractivity contribution in [2.24, 2.45) is 5.92 Å². The van der Waals surface area contributed by atoms with Gasteiger partial charge in [0.2, 0.25) is 0 Å². The minimum absolute atomic E-state index is 0.281. The van der Waals surface area contributed by atoms with Gasteiger partial charge in [-0.25, -0.2) is 0 Å². The summed E-state index contributed by atoms with van der Waals surface area (Å²) in [5.41, 5.74) is 6.56. The third-order valence-electron chi connectivity index (χ3n) is 2.19. The molecule has 14 heavy (non-hydrogen) atoms. The highest BCUT2D eigenvalue weighted by Crippen LogP contribution is 2.18. The van der Waals surface area contributed by atoms with Gasteiger partial charge in [-0.3, -0.25) is 0 Å². The van der Waals surface area contributed by atoms with E-state index in [4.69, 9.17) is 5.73 Å². The van der Waals surface area contributed by atoms with E-state index in [1.165, 1.54) is 0 Å². The predicted molar refractivity (Wildman–Crippen MR) is 61.3 cm³/mol. The van der Waals surface area contributed by atoms with E-state index in [0.29, 0.717) is 12.5 Å². The lowest BCUT2D eigenvalue weighted by molar-refractivity contribution is 0.123. The fraction of sp³-hybridized carbons (Fsp3) is 0.600. The van der Waals surface area contributed by atoms with Crippen LogP contribution in [0.3, 0.4) is 0 Å². The first-order valence-corrected chi connectivity index (χ1v) is 5.70. The summed E-state index contributed by atoms with van der Waals surface area (Å²) < 4.78 is 0. The maximum atomic E-state index is 9.53. The standard InChI is InChI=1S/C10H18N2OS/c1-7(2)9(13)5-12-6-10-8(11)3-4-14-10/h3-4,7,9,12-13H,5-6,11H2,1-2H3. The molecular formula is C10H18N2OS. The van der Waals surface area contributed by atoms with Gasteiger partial charge in [-0.2, -0.15) is 0 Å². The number of nitrogen functional groups attached to an aromatic ring is 1. The van der Waals surface area contributed by atoms with Crippen molar-refractivity contribution >= 4 is 17.0 Å². The van der Waals surface area contributed by atoms with Crippen molar-refractivity contribution in [1.29, 1.82) is 0 Å². The Labute approximate surface area is 88.9 Å². The molecule has 80 valence electrons. The second-order valence-electron chi connectivity index (χ2n) is 3.74. The molecule has 0 saturated carbocycles. The first-order chi connectivity index (χ1) is 6.61. The number of anilines is 1. The average Bonchev–Trinajstić information content (AvgIpc) is 2.51. The minimum atomic E-state index is -0.281. The lowest BCUT2D eigenvalue weighted by Gasteiger charge is -2.14. The maximum Gasteiger partial charge on any atom is 0.0687 e. The van der Waals surface area contributed by atoms with E-state index in [1.54, 1.807) is 11.3 Å². The maximum absolute atomic E-state index is 9.53. The molecular weight excluding hydrogens is 196 g/mol. The smallest absolute Gasteiger partial charge is 0.0687 e. The Kier molecular flexibility index (Phi) is 4.38. The van der Waals surface area contributed by atoms with E-state index in [0.717, 1.165) is 17.1 Å². The van der Waals surface area contributed by atoms with Crippen LogP contribution in [0.2, 0.25) is 0 Å². The normalized spacial score (nSPS) is 13.4. The monoisotopic (exact) mass is 214 g/mol. The van der Waals surface area contributed by atoms with E-state index in [9.17, 15) is 5.11 Å². The lowest BCUT2D eigenvalue weighted by Crippen LogP contribution is -2.30. The summed E-state index contributed by atoms with van der Waals surface area (Å²) in [7, 11) is 0. The van der Waals surface area contributed by atoms with E-state index in [-0.39, 0.29) is 6.10 Å².